The highest BCUT2D eigenvalue weighted by Gasteiger charge is 2.13. The predicted octanol–water partition coefficient (Wildman–Crippen LogP) is 3.57. The van der Waals surface area contributed by atoms with Crippen molar-refractivity contribution in [2.45, 2.75) is 51.4 Å². The van der Waals surface area contributed by atoms with E-state index in [4.69, 9.17) is 0 Å². The highest BCUT2D eigenvalue weighted by atomic mass is 14.2. The molecule has 10 heavy (non-hydrogen) atoms. The van der Waals surface area contributed by atoms with Crippen LogP contribution in [0.3, 0.4) is 0 Å². The lowest BCUT2D eigenvalue weighted by Gasteiger charge is -2.06. The Morgan fingerprint density at radius 3 is 2.40 bits per heavy atom. The van der Waals surface area contributed by atoms with Crippen LogP contribution in [0.2, 0.25) is 0 Å². The molecule has 0 aromatic rings. The molecule has 0 bridgehead atoms. The van der Waals surface area contributed by atoms with Crippen molar-refractivity contribution in [2.24, 2.45) is 5.92 Å². The van der Waals surface area contributed by atoms with Crippen LogP contribution < -0.4 is 0 Å². The van der Waals surface area contributed by atoms with Gasteiger partial charge < -0.3 is 0 Å². The summed E-state index contributed by atoms with van der Waals surface area (Å²) in [5.74, 6) is 1.09. The molecule has 0 amide bonds. The Bertz CT molecular complexity index is 70.1. The molecule has 0 aromatic heterocycles. The zero-order valence-electron chi connectivity index (χ0n) is 6.94. The first-order valence-electron chi connectivity index (χ1n) is 4.72. The third-order valence-electron chi connectivity index (χ3n) is 2.59. The number of hydrogen-bond acceptors (Lipinski definition) is 0. The van der Waals surface area contributed by atoms with Gasteiger partial charge in [0.05, 0.1) is 0 Å². The van der Waals surface area contributed by atoms with E-state index in [0.29, 0.717) is 0 Å². The van der Waals surface area contributed by atoms with Gasteiger partial charge in [-0.15, -0.1) is 0 Å². The Morgan fingerprint density at radius 2 is 1.80 bits per heavy atom. The van der Waals surface area contributed by atoms with E-state index in [2.05, 4.69) is 6.92 Å². The van der Waals surface area contributed by atoms with Crippen molar-refractivity contribution >= 4 is 0 Å². The molecular formula is C10H19. The van der Waals surface area contributed by atoms with Crippen molar-refractivity contribution in [1.82, 2.24) is 0 Å². The lowest BCUT2D eigenvalue weighted by molar-refractivity contribution is 0.475. The van der Waals surface area contributed by atoms with Crippen molar-refractivity contribution in [3.63, 3.8) is 0 Å². The van der Waals surface area contributed by atoms with Crippen LogP contribution in [-0.4, -0.2) is 0 Å². The van der Waals surface area contributed by atoms with Crippen LogP contribution in [-0.2, 0) is 0 Å². The maximum Gasteiger partial charge on any atom is -0.0414 e. The Morgan fingerprint density at radius 1 is 1.10 bits per heavy atom. The third-order valence-corrected chi connectivity index (χ3v) is 2.59. The Balaban J connectivity index is 1.91. The van der Waals surface area contributed by atoms with Crippen molar-refractivity contribution in [3.8, 4) is 0 Å². The standard InChI is InChI=1S/C10H19/c1-2-3-4-7-10-8-5-6-9-10/h10H,1-9H2. The smallest absolute Gasteiger partial charge is 0.0414 e. The van der Waals surface area contributed by atoms with Crippen LogP contribution in [0.25, 0.3) is 0 Å². The molecule has 0 aliphatic heterocycles. The first-order valence-corrected chi connectivity index (χ1v) is 4.72. The molecule has 0 aromatic carbocycles. The number of hydrogen-bond donors (Lipinski definition) is 0. The molecule has 0 N–H and O–H groups in total. The molecule has 0 saturated heterocycles. The Hall–Kier alpha value is 0. The van der Waals surface area contributed by atoms with Crippen molar-refractivity contribution in [1.29, 1.82) is 0 Å². The van der Waals surface area contributed by atoms with Crippen LogP contribution in [0.15, 0.2) is 0 Å². The van der Waals surface area contributed by atoms with Gasteiger partial charge in [-0.3, -0.25) is 0 Å². The minimum atomic E-state index is 1.09. The minimum absolute atomic E-state index is 1.09. The van der Waals surface area contributed by atoms with Gasteiger partial charge in [-0.2, -0.15) is 0 Å². The van der Waals surface area contributed by atoms with E-state index < -0.39 is 0 Å². The zero-order chi connectivity index (χ0) is 7.23. The molecule has 0 atom stereocenters. The summed E-state index contributed by atoms with van der Waals surface area (Å²) in [6.45, 7) is 3.85. The fourth-order valence-corrected chi connectivity index (χ4v) is 1.91. The summed E-state index contributed by atoms with van der Waals surface area (Å²) in [5, 5.41) is 0. The predicted molar refractivity (Wildman–Crippen MR) is 45.8 cm³/mol. The van der Waals surface area contributed by atoms with Gasteiger partial charge in [-0.1, -0.05) is 58.3 Å². The van der Waals surface area contributed by atoms with Gasteiger partial charge in [-0.25, -0.2) is 0 Å². The monoisotopic (exact) mass is 139 g/mol. The van der Waals surface area contributed by atoms with Gasteiger partial charge in [0, 0.05) is 0 Å². The summed E-state index contributed by atoms with van der Waals surface area (Å²) >= 11 is 0. The van der Waals surface area contributed by atoms with Gasteiger partial charge in [0.15, 0.2) is 0 Å². The van der Waals surface area contributed by atoms with Gasteiger partial charge in [0.25, 0.3) is 0 Å². The molecule has 1 saturated carbocycles. The largest absolute Gasteiger partial charge is 0.0533 e. The van der Waals surface area contributed by atoms with E-state index in [1.165, 1.54) is 44.9 Å². The number of rotatable bonds is 4. The average molecular weight is 139 g/mol. The van der Waals surface area contributed by atoms with E-state index in [-0.39, 0.29) is 0 Å². The molecule has 1 aliphatic rings. The van der Waals surface area contributed by atoms with E-state index >= 15 is 0 Å². The molecule has 1 radical (unpaired) electrons. The fraction of sp³-hybridized carbons (Fsp3) is 0.900. The van der Waals surface area contributed by atoms with Gasteiger partial charge in [-0.05, 0) is 5.92 Å². The Kier molecular flexibility index (Phi) is 3.86. The highest BCUT2D eigenvalue weighted by Crippen LogP contribution is 2.28. The maximum atomic E-state index is 3.85. The normalized spacial score (nSPS) is 20.1. The minimum Gasteiger partial charge on any atom is -0.0533 e. The summed E-state index contributed by atoms with van der Waals surface area (Å²) < 4.78 is 0. The maximum absolute atomic E-state index is 3.85. The molecule has 0 unspecified atom stereocenters. The van der Waals surface area contributed by atoms with E-state index in [0.717, 1.165) is 12.3 Å². The molecule has 0 heterocycles. The summed E-state index contributed by atoms with van der Waals surface area (Å²) in [7, 11) is 0. The molecule has 1 aliphatic carbocycles. The second-order valence-electron chi connectivity index (χ2n) is 3.50. The number of unbranched alkanes of at least 4 members (excludes halogenated alkanes) is 2. The second kappa shape index (κ2) is 4.76. The van der Waals surface area contributed by atoms with Gasteiger partial charge in [0.1, 0.15) is 0 Å². The topological polar surface area (TPSA) is 0 Å². The molecule has 59 valence electrons. The summed E-state index contributed by atoms with van der Waals surface area (Å²) in [5.41, 5.74) is 0. The molecular weight excluding hydrogens is 120 g/mol. The SMILES string of the molecule is [CH2]CCCCC1CCCC1. The molecule has 1 rings (SSSR count). The Labute approximate surface area is 65.0 Å². The highest BCUT2D eigenvalue weighted by molar-refractivity contribution is 4.66. The van der Waals surface area contributed by atoms with Crippen LogP contribution in [0.4, 0.5) is 0 Å². The quantitative estimate of drug-likeness (QED) is 0.522. The third kappa shape index (κ3) is 2.72. The fourth-order valence-electron chi connectivity index (χ4n) is 1.91. The summed E-state index contributed by atoms with van der Waals surface area (Å²) in [6.07, 6.45) is 11.4. The second-order valence-corrected chi connectivity index (χ2v) is 3.50. The van der Waals surface area contributed by atoms with Gasteiger partial charge in [0.2, 0.25) is 0 Å². The van der Waals surface area contributed by atoms with Crippen LogP contribution >= 0.6 is 0 Å². The lowest BCUT2D eigenvalue weighted by atomic mass is 10.0. The molecule has 1 fully saturated rings. The van der Waals surface area contributed by atoms with E-state index in [1.807, 2.05) is 0 Å². The van der Waals surface area contributed by atoms with Crippen LogP contribution in [0, 0.1) is 12.8 Å². The first-order chi connectivity index (χ1) is 4.93. The van der Waals surface area contributed by atoms with Crippen LogP contribution in [0.1, 0.15) is 51.4 Å². The van der Waals surface area contributed by atoms with Gasteiger partial charge >= 0.3 is 0 Å². The first kappa shape index (κ1) is 8.10. The van der Waals surface area contributed by atoms with E-state index in [1.54, 1.807) is 0 Å². The molecule has 0 heteroatoms. The summed E-state index contributed by atoms with van der Waals surface area (Å²) in [6, 6.07) is 0. The molecule has 0 nitrogen and oxygen atoms in total. The average Bonchev–Trinajstić information content (AvgIpc) is 2.41. The van der Waals surface area contributed by atoms with Crippen LogP contribution in [0.5, 0.6) is 0 Å². The lowest BCUT2D eigenvalue weighted by Crippen LogP contribution is -1.91. The zero-order valence-corrected chi connectivity index (χ0v) is 6.94. The van der Waals surface area contributed by atoms with Crippen molar-refractivity contribution in [3.05, 3.63) is 6.92 Å². The van der Waals surface area contributed by atoms with Crippen molar-refractivity contribution in [2.75, 3.05) is 0 Å². The van der Waals surface area contributed by atoms with E-state index in [9.17, 15) is 0 Å². The molecule has 0 spiro atoms. The van der Waals surface area contributed by atoms with Crippen molar-refractivity contribution < 1.29 is 0 Å². The summed E-state index contributed by atoms with van der Waals surface area (Å²) in [4.78, 5) is 0.